The average Bonchev–Trinajstić information content (AvgIpc) is 1.99. The maximum atomic E-state index is 7.35. The predicted molar refractivity (Wildman–Crippen MR) is 37.2 cm³/mol. The van der Waals surface area contributed by atoms with Crippen molar-refractivity contribution in [3.63, 3.8) is 0 Å². The molecule has 10 heavy (non-hydrogen) atoms. The number of anilines is 1. The normalized spacial score (nSPS) is 19.8. The summed E-state index contributed by atoms with van der Waals surface area (Å²) in [7, 11) is -2.85. The molecule has 1 aromatic heterocycles. The minimum absolute atomic E-state index is 0.00878. The van der Waals surface area contributed by atoms with E-state index in [2.05, 4.69) is 14.7 Å². The van der Waals surface area contributed by atoms with E-state index in [1.807, 2.05) is 0 Å². The standard InChI is InChI=1S/C6H9N3O/c1-10-4-5-2-8-3-6(7)9-5/h2-3H,4H2,1H3,(H2,7,9)/i1D3,4D2. The van der Waals surface area contributed by atoms with Crippen molar-refractivity contribution >= 4 is 5.82 Å². The quantitative estimate of drug-likeness (QED) is 0.644. The Balaban J connectivity index is 2.95. The largest absolute Gasteiger partial charge is 0.382 e. The summed E-state index contributed by atoms with van der Waals surface area (Å²) in [6, 6.07) is 0. The molecule has 2 N–H and O–H groups in total. The van der Waals surface area contributed by atoms with Gasteiger partial charge in [-0.15, -0.1) is 0 Å². The van der Waals surface area contributed by atoms with Gasteiger partial charge in [0.05, 0.1) is 31.5 Å². The Morgan fingerprint density at radius 2 is 2.80 bits per heavy atom. The van der Waals surface area contributed by atoms with Crippen molar-refractivity contribution in [2.45, 2.75) is 6.56 Å². The second kappa shape index (κ2) is 3.12. The Hall–Kier alpha value is -1.16. The van der Waals surface area contributed by atoms with Crippen LogP contribution in [0.5, 0.6) is 0 Å². The van der Waals surface area contributed by atoms with Crippen LogP contribution in [-0.2, 0) is 11.3 Å². The summed E-state index contributed by atoms with van der Waals surface area (Å²) in [5.41, 5.74) is 5.00. The smallest absolute Gasteiger partial charge is 0.142 e. The van der Waals surface area contributed by atoms with Crippen molar-refractivity contribution in [3.8, 4) is 0 Å². The number of nitrogens with two attached hydrogens (primary N) is 1. The SMILES string of the molecule is [2H]C([2H])([2H])OC([2H])([2H])c1cncc(N)n1. The summed E-state index contributed by atoms with van der Waals surface area (Å²) in [4.78, 5) is 7.18. The van der Waals surface area contributed by atoms with Crippen molar-refractivity contribution < 1.29 is 11.6 Å². The van der Waals surface area contributed by atoms with Gasteiger partial charge in [0.15, 0.2) is 0 Å². The molecule has 0 saturated heterocycles. The minimum atomic E-state index is -2.85. The summed E-state index contributed by atoms with van der Waals surface area (Å²) in [6.45, 7) is -2.55. The lowest BCUT2D eigenvalue weighted by atomic mass is 10.5. The zero-order valence-electron chi connectivity index (χ0n) is 10.0. The van der Waals surface area contributed by atoms with Crippen molar-refractivity contribution in [3.05, 3.63) is 18.1 Å². The molecule has 0 aliphatic heterocycles. The molecular formula is C6H9N3O. The van der Waals surface area contributed by atoms with Crippen molar-refractivity contribution in [1.82, 2.24) is 9.97 Å². The monoisotopic (exact) mass is 144 g/mol. The van der Waals surface area contributed by atoms with Crippen LogP contribution >= 0.6 is 0 Å². The van der Waals surface area contributed by atoms with E-state index in [-0.39, 0.29) is 11.5 Å². The van der Waals surface area contributed by atoms with E-state index in [4.69, 9.17) is 12.6 Å². The molecule has 0 spiro atoms. The van der Waals surface area contributed by atoms with Crippen LogP contribution in [0.1, 0.15) is 12.5 Å². The molecule has 0 bridgehead atoms. The molecule has 0 radical (unpaired) electrons. The Labute approximate surface area is 66.1 Å². The number of methoxy groups -OCH3 is 1. The lowest BCUT2D eigenvalue weighted by molar-refractivity contribution is 0.181. The number of hydrogen-bond acceptors (Lipinski definition) is 4. The van der Waals surface area contributed by atoms with E-state index in [0.717, 1.165) is 6.20 Å². The predicted octanol–water partition coefficient (Wildman–Crippen LogP) is 0.205. The first-order valence-corrected chi connectivity index (χ1v) is 2.49. The second-order valence-electron chi connectivity index (χ2n) is 1.53. The third-order valence-electron chi connectivity index (χ3n) is 0.809. The first kappa shape index (κ1) is 2.84. The molecule has 0 aromatic carbocycles. The van der Waals surface area contributed by atoms with E-state index < -0.39 is 13.6 Å². The fraction of sp³-hybridized carbons (Fsp3) is 0.333. The number of hydrogen-bond donors (Lipinski definition) is 1. The molecule has 54 valence electrons. The van der Waals surface area contributed by atoms with Crippen molar-refractivity contribution in [2.75, 3.05) is 12.8 Å². The summed E-state index contributed by atoms with van der Waals surface area (Å²) >= 11 is 0. The molecule has 1 aromatic rings. The fourth-order valence-electron chi connectivity index (χ4n) is 0.483. The summed E-state index contributed by atoms with van der Waals surface area (Å²) in [5, 5.41) is 0. The maximum Gasteiger partial charge on any atom is 0.142 e. The van der Waals surface area contributed by atoms with E-state index in [1.165, 1.54) is 6.20 Å². The first-order chi connectivity index (χ1) is 6.71. The van der Waals surface area contributed by atoms with E-state index in [9.17, 15) is 0 Å². The van der Waals surface area contributed by atoms with Crippen molar-refractivity contribution in [2.24, 2.45) is 0 Å². The fourth-order valence-corrected chi connectivity index (χ4v) is 0.483. The Bertz CT molecular complexity index is 353. The topological polar surface area (TPSA) is 61.0 Å². The van der Waals surface area contributed by atoms with Gasteiger partial charge in [0, 0.05) is 7.04 Å². The Morgan fingerprint density at radius 1 is 1.90 bits per heavy atom. The van der Waals surface area contributed by atoms with E-state index in [1.54, 1.807) is 0 Å². The number of ether oxygens (including phenoxy) is 1. The molecule has 0 saturated carbocycles. The highest BCUT2D eigenvalue weighted by atomic mass is 16.5. The first-order valence-electron chi connectivity index (χ1n) is 4.99. The molecule has 1 rings (SSSR count). The van der Waals surface area contributed by atoms with E-state index in [0.29, 0.717) is 0 Å². The van der Waals surface area contributed by atoms with Gasteiger partial charge in [0.1, 0.15) is 5.82 Å². The molecule has 0 aliphatic carbocycles. The highest BCUT2D eigenvalue weighted by Crippen LogP contribution is 1.97. The molecule has 0 amide bonds. The van der Waals surface area contributed by atoms with Gasteiger partial charge < -0.3 is 10.5 Å². The van der Waals surface area contributed by atoms with Crippen LogP contribution in [0.3, 0.4) is 0 Å². The Kier molecular flexibility index (Phi) is 0.885. The van der Waals surface area contributed by atoms with Gasteiger partial charge in [-0.25, -0.2) is 4.98 Å². The van der Waals surface area contributed by atoms with Crippen LogP contribution < -0.4 is 5.73 Å². The van der Waals surface area contributed by atoms with Gasteiger partial charge in [-0.1, -0.05) is 0 Å². The van der Waals surface area contributed by atoms with Crippen LogP contribution in [0.15, 0.2) is 12.4 Å². The van der Waals surface area contributed by atoms with Gasteiger partial charge in [-0.3, -0.25) is 4.98 Å². The van der Waals surface area contributed by atoms with Gasteiger partial charge in [0.25, 0.3) is 0 Å². The Morgan fingerprint density at radius 3 is 3.50 bits per heavy atom. The number of nitrogens with zero attached hydrogens (tertiary/aromatic N) is 2. The maximum absolute atomic E-state index is 7.35. The van der Waals surface area contributed by atoms with Crippen LogP contribution in [0.4, 0.5) is 5.82 Å². The second-order valence-corrected chi connectivity index (χ2v) is 1.53. The minimum Gasteiger partial charge on any atom is -0.382 e. The molecule has 4 heteroatoms. The number of nitrogen functional groups attached to an aromatic ring is 1. The molecule has 1 heterocycles. The van der Waals surface area contributed by atoms with Gasteiger partial charge in [0.2, 0.25) is 0 Å². The third kappa shape index (κ3) is 1.66. The van der Waals surface area contributed by atoms with Crippen molar-refractivity contribution in [1.29, 1.82) is 0 Å². The molecule has 0 aliphatic rings. The molecular weight excluding hydrogens is 130 g/mol. The lowest BCUT2D eigenvalue weighted by Crippen LogP contribution is -1.97. The van der Waals surface area contributed by atoms with Crippen LogP contribution in [0.25, 0.3) is 0 Å². The zero-order valence-corrected chi connectivity index (χ0v) is 5.03. The molecule has 4 nitrogen and oxygen atoms in total. The summed E-state index contributed by atoms with van der Waals surface area (Å²) in [6.07, 6.45) is 2.27. The van der Waals surface area contributed by atoms with Crippen LogP contribution in [-0.4, -0.2) is 17.0 Å². The average molecular weight is 144 g/mol. The number of aromatic nitrogens is 2. The summed E-state index contributed by atoms with van der Waals surface area (Å²) in [5.74, 6) is -0.00878. The van der Waals surface area contributed by atoms with Crippen LogP contribution in [0.2, 0.25) is 0 Å². The lowest BCUT2D eigenvalue weighted by Gasteiger charge is -1.97. The highest BCUT2D eigenvalue weighted by Gasteiger charge is 1.92. The molecule has 0 fully saturated rings. The summed E-state index contributed by atoms with van der Waals surface area (Å²) < 4.78 is 39.3. The molecule has 0 unspecified atom stereocenters. The number of rotatable bonds is 2. The van der Waals surface area contributed by atoms with Gasteiger partial charge in [-0.05, 0) is 0 Å². The van der Waals surface area contributed by atoms with Gasteiger partial charge >= 0.3 is 0 Å². The van der Waals surface area contributed by atoms with Gasteiger partial charge in [-0.2, -0.15) is 0 Å². The van der Waals surface area contributed by atoms with Crippen LogP contribution in [0, 0.1) is 0 Å². The molecule has 0 atom stereocenters. The highest BCUT2D eigenvalue weighted by molar-refractivity contribution is 5.23. The van der Waals surface area contributed by atoms with E-state index >= 15 is 0 Å². The zero-order chi connectivity index (χ0) is 11.7. The third-order valence-corrected chi connectivity index (χ3v) is 0.809.